The number of carbonyl (C=O) groups is 1. The molecule has 2 aromatic carbocycles. The third-order valence-electron chi connectivity index (χ3n) is 3.42. The predicted octanol–water partition coefficient (Wildman–Crippen LogP) is 2.52. The van der Waals surface area contributed by atoms with Crippen LogP contribution in [0.4, 0.5) is 5.69 Å². The van der Waals surface area contributed by atoms with Crippen LogP contribution in [0.15, 0.2) is 47.4 Å². The summed E-state index contributed by atoms with van der Waals surface area (Å²) < 4.78 is 34.3. The Morgan fingerprint density at radius 1 is 1.21 bits per heavy atom. The second-order valence-electron chi connectivity index (χ2n) is 5.27. The standard InChI is InChI=1S/C16H14ClNO5S/c1-24(20,21)10-6-7-11(17)12(8-10)18-16(19)15-9-22-13-4-2-3-5-14(13)23-15/h2-8,15H,9H2,1H3,(H,18,19)/t15-/m0/s1. The molecule has 1 aliphatic rings. The lowest BCUT2D eigenvalue weighted by Gasteiger charge is -2.25. The first-order chi connectivity index (χ1) is 11.3. The summed E-state index contributed by atoms with van der Waals surface area (Å²) in [5.41, 5.74) is 0.201. The summed E-state index contributed by atoms with van der Waals surface area (Å²) in [5.74, 6) is 0.565. The molecule has 0 radical (unpaired) electrons. The number of ether oxygens (including phenoxy) is 2. The van der Waals surface area contributed by atoms with Crippen molar-refractivity contribution in [3.05, 3.63) is 47.5 Å². The monoisotopic (exact) mass is 367 g/mol. The Morgan fingerprint density at radius 3 is 2.62 bits per heavy atom. The minimum atomic E-state index is -3.41. The maximum absolute atomic E-state index is 12.4. The fourth-order valence-corrected chi connectivity index (χ4v) is 3.00. The number of rotatable bonds is 3. The SMILES string of the molecule is CS(=O)(=O)c1ccc(Cl)c(NC(=O)[C@@H]2COc3ccccc3O2)c1. The first-order valence-electron chi connectivity index (χ1n) is 7.03. The van der Waals surface area contributed by atoms with Crippen LogP contribution in [0.1, 0.15) is 0 Å². The molecule has 2 aromatic rings. The van der Waals surface area contributed by atoms with E-state index in [9.17, 15) is 13.2 Å². The van der Waals surface area contributed by atoms with Crippen molar-refractivity contribution in [2.24, 2.45) is 0 Å². The smallest absolute Gasteiger partial charge is 0.269 e. The number of carbonyl (C=O) groups excluding carboxylic acids is 1. The molecule has 0 saturated carbocycles. The van der Waals surface area contributed by atoms with Gasteiger partial charge < -0.3 is 14.8 Å². The number of nitrogens with one attached hydrogen (secondary N) is 1. The Morgan fingerprint density at radius 2 is 1.92 bits per heavy atom. The van der Waals surface area contributed by atoms with Crippen molar-refractivity contribution in [3.8, 4) is 11.5 Å². The highest BCUT2D eigenvalue weighted by atomic mass is 35.5. The molecule has 1 heterocycles. The summed E-state index contributed by atoms with van der Waals surface area (Å²) in [6.07, 6.45) is 0.217. The van der Waals surface area contributed by atoms with Gasteiger partial charge in [-0.05, 0) is 30.3 Å². The number of amides is 1. The zero-order chi connectivity index (χ0) is 17.3. The molecule has 0 bridgehead atoms. The van der Waals surface area contributed by atoms with Crippen molar-refractivity contribution in [2.45, 2.75) is 11.0 Å². The molecule has 1 amide bonds. The highest BCUT2D eigenvalue weighted by Gasteiger charge is 2.28. The van der Waals surface area contributed by atoms with Gasteiger partial charge in [0.05, 0.1) is 15.6 Å². The predicted molar refractivity (Wildman–Crippen MR) is 89.5 cm³/mol. The van der Waals surface area contributed by atoms with E-state index in [0.29, 0.717) is 11.5 Å². The maximum Gasteiger partial charge on any atom is 0.269 e. The van der Waals surface area contributed by atoms with Crippen LogP contribution in [0.5, 0.6) is 11.5 Å². The van der Waals surface area contributed by atoms with Crippen LogP contribution in [-0.4, -0.2) is 33.3 Å². The van der Waals surface area contributed by atoms with Crippen molar-refractivity contribution in [1.29, 1.82) is 0 Å². The number of fused-ring (bicyclic) bond motifs is 1. The normalized spacial score (nSPS) is 16.5. The van der Waals surface area contributed by atoms with Crippen molar-refractivity contribution >= 4 is 33.0 Å². The minimum absolute atomic E-state index is 0.0479. The number of para-hydroxylation sites is 2. The molecule has 3 rings (SSSR count). The molecular formula is C16H14ClNO5S. The van der Waals surface area contributed by atoms with E-state index in [1.807, 2.05) is 0 Å². The van der Waals surface area contributed by atoms with E-state index in [1.165, 1.54) is 18.2 Å². The molecule has 0 aromatic heterocycles. The lowest BCUT2D eigenvalue weighted by atomic mass is 10.2. The maximum atomic E-state index is 12.4. The van der Waals surface area contributed by atoms with Crippen LogP contribution in [0.3, 0.4) is 0 Å². The molecule has 0 fully saturated rings. The molecule has 8 heteroatoms. The lowest BCUT2D eigenvalue weighted by Crippen LogP contribution is -2.40. The van der Waals surface area contributed by atoms with E-state index >= 15 is 0 Å². The van der Waals surface area contributed by atoms with Gasteiger partial charge in [-0.25, -0.2) is 8.42 Å². The zero-order valence-corrected chi connectivity index (χ0v) is 14.2. The number of anilines is 1. The largest absolute Gasteiger partial charge is 0.485 e. The quantitative estimate of drug-likeness (QED) is 0.901. The van der Waals surface area contributed by atoms with Crippen LogP contribution in [0.25, 0.3) is 0 Å². The Hall–Kier alpha value is -2.25. The molecule has 0 unspecified atom stereocenters. The topological polar surface area (TPSA) is 81.7 Å². The number of sulfone groups is 1. The van der Waals surface area contributed by atoms with E-state index in [4.69, 9.17) is 21.1 Å². The van der Waals surface area contributed by atoms with E-state index in [1.54, 1.807) is 24.3 Å². The first kappa shape index (κ1) is 16.6. The molecule has 0 saturated heterocycles. The average Bonchev–Trinajstić information content (AvgIpc) is 2.55. The summed E-state index contributed by atoms with van der Waals surface area (Å²) in [7, 11) is -3.41. The first-order valence-corrected chi connectivity index (χ1v) is 9.30. The Kier molecular flexibility index (Phi) is 4.38. The van der Waals surface area contributed by atoms with E-state index in [-0.39, 0.29) is 22.2 Å². The summed E-state index contributed by atoms with van der Waals surface area (Å²) >= 11 is 6.03. The third-order valence-corrected chi connectivity index (χ3v) is 4.86. The van der Waals surface area contributed by atoms with Crippen LogP contribution in [0, 0.1) is 0 Å². The minimum Gasteiger partial charge on any atom is -0.485 e. The molecule has 1 aliphatic heterocycles. The molecule has 1 N–H and O–H groups in total. The number of halogens is 1. The van der Waals surface area contributed by atoms with Gasteiger partial charge in [0.1, 0.15) is 6.61 Å². The molecular weight excluding hydrogens is 354 g/mol. The summed E-state index contributed by atoms with van der Waals surface area (Å²) in [4.78, 5) is 12.4. The summed E-state index contributed by atoms with van der Waals surface area (Å²) in [6.45, 7) is 0.0479. The van der Waals surface area contributed by atoms with Crippen LogP contribution >= 0.6 is 11.6 Å². The Labute approximate surface area is 144 Å². The van der Waals surface area contributed by atoms with Crippen molar-refractivity contribution in [3.63, 3.8) is 0 Å². The van der Waals surface area contributed by atoms with Gasteiger partial charge in [-0.3, -0.25) is 4.79 Å². The van der Waals surface area contributed by atoms with E-state index in [0.717, 1.165) is 6.26 Å². The number of hydrogen-bond acceptors (Lipinski definition) is 5. The molecule has 6 nitrogen and oxygen atoms in total. The van der Waals surface area contributed by atoms with Crippen LogP contribution in [0.2, 0.25) is 5.02 Å². The van der Waals surface area contributed by atoms with Gasteiger partial charge in [0.2, 0.25) is 6.10 Å². The average molecular weight is 368 g/mol. The highest BCUT2D eigenvalue weighted by molar-refractivity contribution is 7.90. The molecule has 0 aliphatic carbocycles. The fraction of sp³-hybridized carbons (Fsp3) is 0.188. The van der Waals surface area contributed by atoms with Gasteiger partial charge in [-0.2, -0.15) is 0 Å². The van der Waals surface area contributed by atoms with Gasteiger partial charge in [0.25, 0.3) is 5.91 Å². The fourth-order valence-electron chi connectivity index (χ4n) is 2.19. The second kappa shape index (κ2) is 6.33. The van der Waals surface area contributed by atoms with E-state index < -0.39 is 21.8 Å². The lowest BCUT2D eigenvalue weighted by molar-refractivity contribution is -0.125. The van der Waals surface area contributed by atoms with Gasteiger partial charge in [-0.1, -0.05) is 23.7 Å². The molecule has 0 spiro atoms. The Balaban J connectivity index is 1.79. The third kappa shape index (κ3) is 3.47. The van der Waals surface area contributed by atoms with E-state index in [2.05, 4.69) is 5.32 Å². The van der Waals surface area contributed by atoms with Gasteiger partial charge in [-0.15, -0.1) is 0 Å². The van der Waals surface area contributed by atoms with Crippen molar-refractivity contribution < 1.29 is 22.7 Å². The molecule has 24 heavy (non-hydrogen) atoms. The van der Waals surface area contributed by atoms with Crippen LogP contribution < -0.4 is 14.8 Å². The zero-order valence-electron chi connectivity index (χ0n) is 12.7. The van der Waals surface area contributed by atoms with Crippen LogP contribution in [-0.2, 0) is 14.6 Å². The van der Waals surface area contributed by atoms with Gasteiger partial charge in [0.15, 0.2) is 21.3 Å². The van der Waals surface area contributed by atoms with Crippen molar-refractivity contribution in [1.82, 2.24) is 0 Å². The summed E-state index contributed by atoms with van der Waals surface area (Å²) in [6, 6.07) is 11.1. The van der Waals surface area contributed by atoms with Gasteiger partial charge >= 0.3 is 0 Å². The summed E-state index contributed by atoms with van der Waals surface area (Å²) in [5, 5.41) is 2.81. The second-order valence-corrected chi connectivity index (χ2v) is 7.69. The highest BCUT2D eigenvalue weighted by Crippen LogP contribution is 2.31. The number of benzene rings is 2. The number of hydrogen-bond donors (Lipinski definition) is 1. The molecule has 126 valence electrons. The van der Waals surface area contributed by atoms with Crippen molar-refractivity contribution in [2.75, 3.05) is 18.2 Å². The van der Waals surface area contributed by atoms with Gasteiger partial charge in [0, 0.05) is 6.26 Å². The molecule has 1 atom stereocenters. The Bertz CT molecular complexity index is 897.